The second-order valence-electron chi connectivity index (χ2n) is 4.04. The third-order valence-corrected chi connectivity index (χ3v) is 2.96. The standard InChI is InChI=1S/C13H9BrF3NO2/c14-11-4-3-8-5-10(2-1-9(8)6-11)12(19)18-20-7-13(15,16)17/h1-6H,7H2,(H,18,19). The number of hydrogen-bond donors (Lipinski definition) is 1. The maximum absolute atomic E-state index is 11.9. The summed E-state index contributed by atoms with van der Waals surface area (Å²) in [6.07, 6.45) is -4.48. The maximum Gasteiger partial charge on any atom is 0.414 e. The summed E-state index contributed by atoms with van der Waals surface area (Å²) >= 11 is 3.33. The summed E-state index contributed by atoms with van der Waals surface area (Å²) in [7, 11) is 0. The number of fused-ring (bicyclic) bond motifs is 1. The molecule has 2 aromatic carbocycles. The second kappa shape index (κ2) is 5.80. The lowest BCUT2D eigenvalue weighted by Gasteiger charge is -2.08. The first kappa shape index (κ1) is 14.8. The normalized spacial score (nSPS) is 11.6. The number of hydroxylamine groups is 1. The summed E-state index contributed by atoms with van der Waals surface area (Å²) in [5.74, 6) is -0.723. The average molecular weight is 348 g/mol. The smallest absolute Gasteiger partial charge is 0.267 e. The topological polar surface area (TPSA) is 38.3 Å². The average Bonchev–Trinajstić information content (AvgIpc) is 2.36. The summed E-state index contributed by atoms with van der Waals surface area (Å²) < 4.78 is 36.5. The molecule has 0 aliphatic heterocycles. The third kappa shape index (κ3) is 3.94. The summed E-state index contributed by atoms with van der Waals surface area (Å²) in [4.78, 5) is 15.7. The van der Waals surface area contributed by atoms with Gasteiger partial charge in [-0.3, -0.25) is 9.63 Å². The number of nitrogens with one attached hydrogen (secondary N) is 1. The van der Waals surface area contributed by atoms with Crippen LogP contribution in [0.1, 0.15) is 10.4 Å². The van der Waals surface area contributed by atoms with Gasteiger partial charge in [-0.25, -0.2) is 5.48 Å². The zero-order chi connectivity index (χ0) is 14.8. The molecule has 0 atom stereocenters. The van der Waals surface area contributed by atoms with Gasteiger partial charge < -0.3 is 0 Å². The quantitative estimate of drug-likeness (QED) is 0.857. The van der Waals surface area contributed by atoms with Crippen LogP contribution in [0.4, 0.5) is 13.2 Å². The van der Waals surface area contributed by atoms with Gasteiger partial charge in [-0.2, -0.15) is 13.2 Å². The number of rotatable bonds is 3. The van der Waals surface area contributed by atoms with Gasteiger partial charge in [0.1, 0.15) is 0 Å². The monoisotopic (exact) mass is 347 g/mol. The van der Waals surface area contributed by atoms with E-state index < -0.39 is 18.7 Å². The van der Waals surface area contributed by atoms with Gasteiger partial charge in [0.15, 0.2) is 6.61 Å². The minimum absolute atomic E-state index is 0.224. The Kier molecular flexibility index (Phi) is 4.29. The Morgan fingerprint density at radius 1 is 1.15 bits per heavy atom. The molecule has 1 amide bonds. The van der Waals surface area contributed by atoms with E-state index in [1.807, 2.05) is 12.1 Å². The molecule has 7 heteroatoms. The molecule has 0 heterocycles. The molecule has 0 bridgehead atoms. The molecule has 2 aromatic rings. The van der Waals surface area contributed by atoms with Crippen molar-refractivity contribution >= 4 is 32.6 Å². The van der Waals surface area contributed by atoms with Crippen molar-refractivity contribution in [3.63, 3.8) is 0 Å². The molecular weight excluding hydrogens is 339 g/mol. The molecule has 20 heavy (non-hydrogen) atoms. The van der Waals surface area contributed by atoms with Gasteiger partial charge in [0.2, 0.25) is 0 Å². The number of benzene rings is 2. The first-order chi connectivity index (χ1) is 9.35. The first-order valence-corrected chi connectivity index (χ1v) is 6.33. The minimum atomic E-state index is -4.48. The number of halogens is 4. The van der Waals surface area contributed by atoms with E-state index >= 15 is 0 Å². The molecule has 0 saturated carbocycles. The number of carbonyl (C=O) groups excluding carboxylic acids is 1. The van der Waals surface area contributed by atoms with Gasteiger partial charge in [-0.05, 0) is 35.0 Å². The van der Waals surface area contributed by atoms with E-state index in [0.717, 1.165) is 15.2 Å². The van der Waals surface area contributed by atoms with Crippen LogP contribution in [0.25, 0.3) is 10.8 Å². The molecule has 0 saturated heterocycles. The largest absolute Gasteiger partial charge is 0.414 e. The first-order valence-electron chi connectivity index (χ1n) is 5.53. The molecule has 0 spiro atoms. The summed E-state index contributed by atoms with van der Waals surface area (Å²) in [6, 6.07) is 10.3. The van der Waals surface area contributed by atoms with Crippen molar-refractivity contribution in [2.75, 3.05) is 6.61 Å². The Labute approximate surface area is 120 Å². The summed E-state index contributed by atoms with van der Waals surface area (Å²) in [6.45, 7) is -1.53. The Morgan fingerprint density at radius 3 is 2.50 bits per heavy atom. The Morgan fingerprint density at radius 2 is 1.80 bits per heavy atom. The fourth-order valence-corrected chi connectivity index (χ4v) is 1.98. The van der Waals surface area contributed by atoms with E-state index in [1.165, 1.54) is 6.07 Å². The van der Waals surface area contributed by atoms with E-state index in [9.17, 15) is 18.0 Å². The summed E-state index contributed by atoms with van der Waals surface area (Å²) in [5, 5.41) is 1.71. The molecule has 0 aliphatic rings. The van der Waals surface area contributed by atoms with Crippen molar-refractivity contribution in [3.05, 3.63) is 46.4 Å². The number of carbonyl (C=O) groups is 1. The van der Waals surface area contributed by atoms with E-state index in [4.69, 9.17) is 0 Å². The van der Waals surface area contributed by atoms with Crippen molar-refractivity contribution in [2.45, 2.75) is 6.18 Å². The summed E-state index contributed by atoms with van der Waals surface area (Å²) in [5.41, 5.74) is 1.99. The number of amides is 1. The molecule has 0 fully saturated rings. The second-order valence-corrected chi connectivity index (χ2v) is 4.96. The van der Waals surface area contributed by atoms with E-state index in [-0.39, 0.29) is 5.56 Å². The van der Waals surface area contributed by atoms with Crippen LogP contribution in [0.5, 0.6) is 0 Å². The molecule has 1 N–H and O–H groups in total. The molecule has 0 aromatic heterocycles. The minimum Gasteiger partial charge on any atom is -0.267 e. The van der Waals surface area contributed by atoms with Gasteiger partial charge in [0.05, 0.1) is 0 Å². The fourth-order valence-electron chi connectivity index (χ4n) is 1.60. The fraction of sp³-hybridized carbons (Fsp3) is 0.154. The highest BCUT2D eigenvalue weighted by Gasteiger charge is 2.28. The van der Waals surface area contributed by atoms with Crippen molar-refractivity contribution in [1.82, 2.24) is 5.48 Å². The van der Waals surface area contributed by atoms with Crippen LogP contribution in [-0.4, -0.2) is 18.7 Å². The zero-order valence-corrected chi connectivity index (χ0v) is 11.6. The lowest BCUT2D eigenvalue weighted by atomic mass is 10.1. The molecule has 3 nitrogen and oxygen atoms in total. The molecule has 0 unspecified atom stereocenters. The van der Waals surface area contributed by atoms with Crippen LogP contribution in [0.2, 0.25) is 0 Å². The van der Waals surface area contributed by atoms with Crippen molar-refractivity contribution in [3.8, 4) is 0 Å². The lowest BCUT2D eigenvalue weighted by Crippen LogP contribution is -2.29. The van der Waals surface area contributed by atoms with Crippen LogP contribution in [-0.2, 0) is 4.84 Å². The molecule has 106 valence electrons. The van der Waals surface area contributed by atoms with Gasteiger partial charge in [-0.1, -0.05) is 28.1 Å². The van der Waals surface area contributed by atoms with Crippen molar-refractivity contribution in [2.24, 2.45) is 0 Å². The predicted octanol–water partition coefficient (Wildman–Crippen LogP) is 3.83. The zero-order valence-electron chi connectivity index (χ0n) is 10.00. The Bertz CT molecular complexity index is 643. The van der Waals surface area contributed by atoms with E-state index in [1.54, 1.807) is 23.7 Å². The highest BCUT2D eigenvalue weighted by atomic mass is 79.9. The van der Waals surface area contributed by atoms with E-state index in [0.29, 0.717) is 0 Å². The maximum atomic E-state index is 11.9. The SMILES string of the molecule is O=C(NOCC(F)(F)F)c1ccc2cc(Br)ccc2c1. The van der Waals surface area contributed by atoms with Gasteiger partial charge in [0.25, 0.3) is 5.91 Å². The van der Waals surface area contributed by atoms with Gasteiger partial charge in [0, 0.05) is 10.0 Å². The lowest BCUT2D eigenvalue weighted by molar-refractivity contribution is -0.184. The van der Waals surface area contributed by atoms with Crippen molar-refractivity contribution in [1.29, 1.82) is 0 Å². The van der Waals surface area contributed by atoms with Gasteiger partial charge in [-0.15, -0.1) is 0 Å². The highest BCUT2D eigenvalue weighted by molar-refractivity contribution is 9.10. The Balaban J connectivity index is 2.09. The van der Waals surface area contributed by atoms with Crippen molar-refractivity contribution < 1.29 is 22.8 Å². The Hall–Kier alpha value is -1.60. The third-order valence-electron chi connectivity index (χ3n) is 2.47. The van der Waals surface area contributed by atoms with Crippen LogP contribution < -0.4 is 5.48 Å². The van der Waals surface area contributed by atoms with Crippen LogP contribution in [0.15, 0.2) is 40.9 Å². The number of hydrogen-bond acceptors (Lipinski definition) is 2. The highest BCUT2D eigenvalue weighted by Crippen LogP contribution is 2.21. The molecule has 0 aliphatic carbocycles. The van der Waals surface area contributed by atoms with Crippen LogP contribution in [0.3, 0.4) is 0 Å². The predicted molar refractivity (Wildman–Crippen MR) is 71.1 cm³/mol. The van der Waals surface area contributed by atoms with E-state index in [2.05, 4.69) is 20.8 Å². The van der Waals surface area contributed by atoms with Crippen LogP contribution >= 0.6 is 15.9 Å². The number of alkyl halides is 3. The molecule has 0 radical (unpaired) electrons. The van der Waals surface area contributed by atoms with Crippen LogP contribution in [0, 0.1) is 0 Å². The molecule has 2 rings (SSSR count). The van der Waals surface area contributed by atoms with Gasteiger partial charge >= 0.3 is 6.18 Å². The molecular formula is C13H9BrF3NO2.